The zero-order valence-electron chi connectivity index (χ0n) is 13.4. The fourth-order valence-electron chi connectivity index (χ4n) is 2.47. The van der Waals surface area contributed by atoms with Crippen molar-refractivity contribution in [2.75, 3.05) is 25.1 Å². The lowest BCUT2D eigenvalue weighted by molar-refractivity contribution is -0.131. The molecule has 0 unspecified atom stereocenters. The Kier molecular flexibility index (Phi) is 5.24. The lowest BCUT2D eigenvalue weighted by Gasteiger charge is -2.30. The number of fused-ring (bicyclic) bond motifs is 1. The van der Waals surface area contributed by atoms with E-state index in [-0.39, 0.29) is 25.0 Å². The first kappa shape index (κ1) is 17.7. The van der Waals surface area contributed by atoms with Gasteiger partial charge >= 0.3 is 0 Å². The molecule has 130 valence electrons. The lowest BCUT2D eigenvalue weighted by Crippen LogP contribution is -2.45. The highest BCUT2D eigenvalue weighted by Gasteiger charge is 2.28. The summed E-state index contributed by atoms with van der Waals surface area (Å²) in [7, 11) is 1.68. The molecule has 3 rings (SSSR count). The third-order valence-electron chi connectivity index (χ3n) is 3.79. The van der Waals surface area contributed by atoms with Crippen molar-refractivity contribution in [2.45, 2.75) is 6.54 Å². The summed E-state index contributed by atoms with van der Waals surface area (Å²) in [6, 6.07) is 8.83. The van der Waals surface area contributed by atoms with Gasteiger partial charge in [0.05, 0.1) is 5.69 Å². The number of carbonyl (C=O) groups is 2. The number of hydrogen-bond donors (Lipinski definition) is 0. The monoisotopic (exact) mass is 423 g/mol. The van der Waals surface area contributed by atoms with Gasteiger partial charge in [0.25, 0.3) is 5.91 Å². The number of hydrogen-bond acceptors (Lipinski definition) is 4. The summed E-state index contributed by atoms with van der Waals surface area (Å²) >= 11 is 9.13. The smallest absolute Gasteiger partial charge is 0.265 e. The van der Waals surface area contributed by atoms with E-state index in [1.54, 1.807) is 42.4 Å². The Balaban J connectivity index is 1.71. The van der Waals surface area contributed by atoms with Crippen LogP contribution in [-0.4, -0.2) is 41.9 Å². The molecule has 1 aliphatic heterocycles. The second kappa shape index (κ2) is 7.41. The Morgan fingerprint density at radius 2 is 2.20 bits per heavy atom. The van der Waals surface area contributed by atoms with E-state index in [0.717, 1.165) is 10.0 Å². The van der Waals surface area contributed by atoms with Gasteiger partial charge in [-0.05, 0) is 29.8 Å². The molecule has 0 aliphatic carbocycles. The van der Waals surface area contributed by atoms with Gasteiger partial charge in [0.15, 0.2) is 6.61 Å². The number of likely N-dealkylation sites (N-methyl/N-ethyl adjacent to an activating group) is 1. The quantitative estimate of drug-likeness (QED) is 0.708. The van der Waals surface area contributed by atoms with Crippen molar-refractivity contribution in [3.8, 4) is 5.75 Å². The fraction of sp³-hybridized carbons (Fsp3) is 0.235. The molecule has 0 atom stereocenters. The van der Waals surface area contributed by atoms with Crippen LogP contribution in [0.3, 0.4) is 0 Å². The number of halogens is 2. The van der Waals surface area contributed by atoms with E-state index in [4.69, 9.17) is 16.3 Å². The maximum Gasteiger partial charge on any atom is 0.265 e. The van der Waals surface area contributed by atoms with Crippen LogP contribution in [0.1, 0.15) is 5.56 Å². The van der Waals surface area contributed by atoms with Gasteiger partial charge < -0.3 is 9.64 Å². The molecule has 0 radical (unpaired) electrons. The molecule has 0 saturated carbocycles. The summed E-state index contributed by atoms with van der Waals surface area (Å²) in [5, 5.41) is 0.402. The first-order valence-corrected chi connectivity index (χ1v) is 8.68. The van der Waals surface area contributed by atoms with E-state index in [1.807, 2.05) is 6.07 Å². The van der Waals surface area contributed by atoms with E-state index in [9.17, 15) is 9.59 Å². The number of ether oxygens (including phenoxy) is 1. The third kappa shape index (κ3) is 4.11. The van der Waals surface area contributed by atoms with Gasteiger partial charge in [-0.2, -0.15) is 0 Å². The van der Waals surface area contributed by atoms with Crippen LogP contribution < -0.4 is 9.64 Å². The van der Waals surface area contributed by atoms with E-state index in [0.29, 0.717) is 23.1 Å². The van der Waals surface area contributed by atoms with Crippen molar-refractivity contribution in [2.24, 2.45) is 0 Å². The zero-order chi connectivity index (χ0) is 18.0. The number of benzene rings is 1. The molecule has 6 nitrogen and oxygen atoms in total. The number of aromatic nitrogens is 1. The molecule has 0 spiro atoms. The van der Waals surface area contributed by atoms with Gasteiger partial charge in [0.2, 0.25) is 5.91 Å². The van der Waals surface area contributed by atoms with Crippen molar-refractivity contribution in [3.05, 3.63) is 51.7 Å². The lowest BCUT2D eigenvalue weighted by atomic mass is 10.2. The largest absolute Gasteiger partial charge is 0.482 e. The van der Waals surface area contributed by atoms with Crippen LogP contribution in [0.15, 0.2) is 41.0 Å². The Morgan fingerprint density at radius 1 is 1.40 bits per heavy atom. The summed E-state index contributed by atoms with van der Waals surface area (Å²) in [6.45, 7) is 0.255. The average Bonchev–Trinajstić information content (AvgIpc) is 2.59. The molecule has 0 fully saturated rings. The van der Waals surface area contributed by atoms with Crippen LogP contribution >= 0.6 is 27.5 Å². The molecule has 2 amide bonds. The number of amides is 2. The van der Waals surface area contributed by atoms with Crippen LogP contribution in [0.2, 0.25) is 5.15 Å². The maximum absolute atomic E-state index is 12.5. The highest BCUT2D eigenvalue weighted by atomic mass is 79.9. The highest BCUT2D eigenvalue weighted by molar-refractivity contribution is 9.10. The van der Waals surface area contributed by atoms with Crippen LogP contribution in [0.25, 0.3) is 0 Å². The molecule has 2 heterocycles. The normalized spacial score (nSPS) is 13.2. The van der Waals surface area contributed by atoms with Crippen molar-refractivity contribution in [1.29, 1.82) is 0 Å². The van der Waals surface area contributed by atoms with E-state index in [2.05, 4.69) is 20.9 Å². The molecule has 25 heavy (non-hydrogen) atoms. The van der Waals surface area contributed by atoms with Crippen molar-refractivity contribution >= 4 is 45.0 Å². The molecule has 0 bridgehead atoms. The molecule has 0 saturated heterocycles. The Morgan fingerprint density at radius 3 is 2.92 bits per heavy atom. The number of anilines is 1. The zero-order valence-corrected chi connectivity index (χ0v) is 15.7. The molecule has 1 aromatic carbocycles. The SMILES string of the molecule is CN(Cc1ccc(Cl)nc1)C(=O)CN1C(=O)COc2cc(Br)ccc21. The number of carbonyl (C=O) groups excluding carboxylic acids is 2. The van der Waals surface area contributed by atoms with Crippen molar-refractivity contribution in [3.63, 3.8) is 0 Å². The predicted molar refractivity (Wildman–Crippen MR) is 97.7 cm³/mol. The highest BCUT2D eigenvalue weighted by Crippen LogP contribution is 2.34. The summed E-state index contributed by atoms with van der Waals surface area (Å²) in [5.74, 6) is 0.148. The molecule has 1 aliphatic rings. The van der Waals surface area contributed by atoms with Gasteiger partial charge in [0.1, 0.15) is 17.4 Å². The Labute approximate surface area is 158 Å². The summed E-state index contributed by atoms with van der Waals surface area (Å²) in [6.07, 6.45) is 1.62. The molecule has 2 aromatic rings. The number of nitrogens with zero attached hydrogens (tertiary/aromatic N) is 3. The van der Waals surface area contributed by atoms with E-state index < -0.39 is 0 Å². The molecule has 1 aromatic heterocycles. The minimum absolute atomic E-state index is 0.0473. The maximum atomic E-state index is 12.5. The standard InChI is InChI=1S/C17H15BrClN3O3/c1-21(8-11-2-5-15(19)20-7-11)16(23)9-22-13-4-3-12(18)6-14(13)25-10-17(22)24/h2-7H,8-10H2,1H3. The average molecular weight is 425 g/mol. The summed E-state index contributed by atoms with van der Waals surface area (Å²) < 4.78 is 6.28. The van der Waals surface area contributed by atoms with Crippen LogP contribution in [0.5, 0.6) is 5.75 Å². The minimum Gasteiger partial charge on any atom is -0.482 e. The first-order chi connectivity index (χ1) is 11.9. The van der Waals surface area contributed by atoms with Crippen molar-refractivity contribution < 1.29 is 14.3 Å². The van der Waals surface area contributed by atoms with Crippen LogP contribution in [0.4, 0.5) is 5.69 Å². The topological polar surface area (TPSA) is 62.7 Å². The van der Waals surface area contributed by atoms with Gasteiger partial charge in [-0.25, -0.2) is 4.98 Å². The van der Waals surface area contributed by atoms with E-state index >= 15 is 0 Å². The number of rotatable bonds is 4. The minimum atomic E-state index is -0.246. The molecule has 0 N–H and O–H groups in total. The fourth-order valence-corrected chi connectivity index (χ4v) is 2.92. The molecular weight excluding hydrogens is 410 g/mol. The number of pyridine rings is 1. The van der Waals surface area contributed by atoms with Gasteiger partial charge in [-0.3, -0.25) is 14.5 Å². The first-order valence-electron chi connectivity index (χ1n) is 7.51. The van der Waals surface area contributed by atoms with Crippen molar-refractivity contribution in [1.82, 2.24) is 9.88 Å². The molecule has 8 heteroatoms. The van der Waals surface area contributed by atoms with Crippen LogP contribution in [-0.2, 0) is 16.1 Å². The summed E-state index contributed by atoms with van der Waals surface area (Å²) in [5.41, 5.74) is 1.45. The molecular formula is C17H15BrClN3O3. The summed E-state index contributed by atoms with van der Waals surface area (Å²) in [4.78, 5) is 31.7. The van der Waals surface area contributed by atoms with Gasteiger partial charge in [0, 0.05) is 24.3 Å². The van der Waals surface area contributed by atoms with Gasteiger partial charge in [-0.15, -0.1) is 0 Å². The third-order valence-corrected chi connectivity index (χ3v) is 4.51. The second-order valence-corrected chi connectivity index (χ2v) is 6.92. The van der Waals surface area contributed by atoms with Crippen LogP contribution in [0, 0.1) is 0 Å². The second-order valence-electron chi connectivity index (χ2n) is 5.62. The Hall–Kier alpha value is -2.12. The Bertz CT molecular complexity index is 813. The van der Waals surface area contributed by atoms with E-state index in [1.165, 1.54) is 4.90 Å². The predicted octanol–water partition coefficient (Wildman–Crippen LogP) is 2.88. The van der Waals surface area contributed by atoms with Gasteiger partial charge in [-0.1, -0.05) is 33.6 Å².